The van der Waals surface area contributed by atoms with Gasteiger partial charge in [-0.15, -0.1) is 0 Å². The minimum atomic E-state index is 0.379. The Morgan fingerprint density at radius 3 is 2.83 bits per heavy atom. The predicted molar refractivity (Wildman–Crippen MR) is 76.7 cm³/mol. The van der Waals surface area contributed by atoms with Crippen LogP contribution in [0.4, 0.5) is 0 Å². The summed E-state index contributed by atoms with van der Waals surface area (Å²) in [5.74, 6) is 0.379. The summed E-state index contributed by atoms with van der Waals surface area (Å²) in [7, 11) is 0. The second-order valence-corrected chi connectivity index (χ2v) is 5.54. The lowest BCUT2D eigenvalue weighted by molar-refractivity contribution is -0.131. The Balaban J connectivity index is 2.17. The lowest BCUT2D eigenvalue weighted by Gasteiger charge is -2.25. The van der Waals surface area contributed by atoms with Crippen molar-refractivity contribution in [2.24, 2.45) is 0 Å². The van der Waals surface area contributed by atoms with E-state index in [1.54, 1.807) is 0 Å². The first kappa shape index (κ1) is 15.5. The highest BCUT2D eigenvalue weighted by Crippen LogP contribution is 2.12. The average molecular weight is 254 g/mol. The summed E-state index contributed by atoms with van der Waals surface area (Å²) in [6.45, 7) is 7.47. The molecule has 0 saturated carbocycles. The molecule has 0 bridgehead atoms. The zero-order valence-electron chi connectivity index (χ0n) is 12.2. The second-order valence-electron chi connectivity index (χ2n) is 5.54. The SMILES string of the molecule is CCCNC(C)CCCN1CCCCCCC1=O. The standard InChI is InChI=1S/C15H30N2O/c1-3-11-16-14(2)9-8-13-17-12-7-5-4-6-10-15(17)18/h14,16H,3-13H2,1-2H3. The smallest absolute Gasteiger partial charge is 0.222 e. The molecule has 18 heavy (non-hydrogen) atoms. The first-order valence-electron chi connectivity index (χ1n) is 7.75. The molecule has 0 aliphatic carbocycles. The summed E-state index contributed by atoms with van der Waals surface area (Å²) in [6.07, 6.45) is 9.06. The minimum Gasteiger partial charge on any atom is -0.343 e. The fourth-order valence-electron chi connectivity index (χ4n) is 2.53. The maximum atomic E-state index is 11.9. The fourth-order valence-corrected chi connectivity index (χ4v) is 2.53. The Morgan fingerprint density at radius 2 is 2.06 bits per heavy atom. The number of nitrogens with one attached hydrogen (secondary N) is 1. The van der Waals surface area contributed by atoms with Crippen molar-refractivity contribution < 1.29 is 4.79 Å². The zero-order chi connectivity index (χ0) is 13.2. The van der Waals surface area contributed by atoms with Gasteiger partial charge in [0.05, 0.1) is 0 Å². The molecular weight excluding hydrogens is 224 g/mol. The molecule has 106 valence electrons. The number of hydrogen-bond donors (Lipinski definition) is 1. The summed E-state index contributed by atoms with van der Waals surface area (Å²) < 4.78 is 0. The van der Waals surface area contributed by atoms with Crippen molar-refractivity contribution in [2.75, 3.05) is 19.6 Å². The molecule has 1 heterocycles. The molecule has 1 aliphatic rings. The van der Waals surface area contributed by atoms with E-state index in [2.05, 4.69) is 24.1 Å². The van der Waals surface area contributed by atoms with Crippen LogP contribution in [-0.2, 0) is 4.79 Å². The number of amides is 1. The van der Waals surface area contributed by atoms with Crippen molar-refractivity contribution in [1.82, 2.24) is 10.2 Å². The number of hydrogen-bond acceptors (Lipinski definition) is 2. The Morgan fingerprint density at radius 1 is 1.28 bits per heavy atom. The van der Waals surface area contributed by atoms with Gasteiger partial charge in [0, 0.05) is 25.6 Å². The van der Waals surface area contributed by atoms with Crippen LogP contribution in [0.2, 0.25) is 0 Å². The van der Waals surface area contributed by atoms with Gasteiger partial charge in [-0.05, 0) is 45.6 Å². The zero-order valence-corrected chi connectivity index (χ0v) is 12.2. The van der Waals surface area contributed by atoms with Crippen molar-refractivity contribution in [3.8, 4) is 0 Å². The Labute approximate surface area is 112 Å². The van der Waals surface area contributed by atoms with E-state index in [0.29, 0.717) is 11.9 Å². The van der Waals surface area contributed by atoms with E-state index in [1.807, 2.05) is 0 Å². The van der Waals surface area contributed by atoms with E-state index >= 15 is 0 Å². The molecule has 0 aromatic carbocycles. The molecule has 1 fully saturated rings. The van der Waals surface area contributed by atoms with Crippen LogP contribution in [0, 0.1) is 0 Å². The maximum absolute atomic E-state index is 11.9. The molecule has 0 spiro atoms. The van der Waals surface area contributed by atoms with Crippen molar-refractivity contribution >= 4 is 5.91 Å². The topological polar surface area (TPSA) is 32.3 Å². The highest BCUT2D eigenvalue weighted by molar-refractivity contribution is 5.76. The van der Waals surface area contributed by atoms with Crippen molar-refractivity contribution in [1.29, 1.82) is 0 Å². The van der Waals surface area contributed by atoms with Crippen molar-refractivity contribution in [3.05, 3.63) is 0 Å². The number of rotatable bonds is 7. The van der Waals surface area contributed by atoms with E-state index in [-0.39, 0.29) is 0 Å². The molecule has 0 aromatic rings. The summed E-state index contributed by atoms with van der Waals surface area (Å²) in [5.41, 5.74) is 0. The van der Waals surface area contributed by atoms with Gasteiger partial charge < -0.3 is 10.2 Å². The monoisotopic (exact) mass is 254 g/mol. The summed E-state index contributed by atoms with van der Waals surface area (Å²) in [5, 5.41) is 3.50. The molecule has 1 N–H and O–H groups in total. The molecule has 0 aromatic heterocycles. The molecule has 1 aliphatic heterocycles. The predicted octanol–water partition coefficient (Wildman–Crippen LogP) is 2.95. The minimum absolute atomic E-state index is 0.379. The quantitative estimate of drug-likeness (QED) is 0.757. The first-order chi connectivity index (χ1) is 8.74. The van der Waals surface area contributed by atoms with Crippen LogP contribution in [0.15, 0.2) is 0 Å². The molecule has 1 atom stereocenters. The van der Waals surface area contributed by atoms with Gasteiger partial charge in [-0.25, -0.2) is 0 Å². The maximum Gasteiger partial charge on any atom is 0.222 e. The van der Waals surface area contributed by atoms with Gasteiger partial charge in [0.25, 0.3) is 0 Å². The van der Waals surface area contributed by atoms with Crippen LogP contribution >= 0.6 is 0 Å². The molecule has 1 unspecified atom stereocenters. The largest absolute Gasteiger partial charge is 0.343 e. The first-order valence-corrected chi connectivity index (χ1v) is 7.75. The normalized spacial score (nSPS) is 19.4. The van der Waals surface area contributed by atoms with Crippen LogP contribution in [0.5, 0.6) is 0 Å². The number of nitrogens with zero attached hydrogens (tertiary/aromatic N) is 1. The van der Waals surface area contributed by atoms with E-state index in [1.165, 1.54) is 32.1 Å². The average Bonchev–Trinajstić information content (AvgIpc) is 2.35. The van der Waals surface area contributed by atoms with E-state index in [9.17, 15) is 4.79 Å². The third kappa shape index (κ3) is 6.39. The van der Waals surface area contributed by atoms with Gasteiger partial charge in [-0.2, -0.15) is 0 Å². The Kier molecular flexibility index (Phi) is 8.06. The molecular formula is C15H30N2O. The third-order valence-corrected chi connectivity index (χ3v) is 3.73. The summed E-state index contributed by atoms with van der Waals surface area (Å²) >= 11 is 0. The Bertz CT molecular complexity index is 231. The van der Waals surface area contributed by atoms with Crippen LogP contribution in [-0.4, -0.2) is 36.5 Å². The van der Waals surface area contributed by atoms with Gasteiger partial charge in [0.1, 0.15) is 0 Å². The molecule has 1 amide bonds. The Hall–Kier alpha value is -0.570. The van der Waals surface area contributed by atoms with Gasteiger partial charge >= 0.3 is 0 Å². The number of likely N-dealkylation sites (tertiary alicyclic amines) is 1. The molecule has 0 radical (unpaired) electrons. The molecule has 3 heteroatoms. The van der Waals surface area contributed by atoms with E-state index in [0.717, 1.165) is 38.9 Å². The highest BCUT2D eigenvalue weighted by Gasteiger charge is 2.15. The van der Waals surface area contributed by atoms with E-state index in [4.69, 9.17) is 0 Å². The van der Waals surface area contributed by atoms with Crippen LogP contribution in [0.25, 0.3) is 0 Å². The molecule has 1 rings (SSSR count). The molecule has 3 nitrogen and oxygen atoms in total. The van der Waals surface area contributed by atoms with Crippen molar-refractivity contribution in [3.63, 3.8) is 0 Å². The van der Waals surface area contributed by atoms with Gasteiger partial charge in [0.15, 0.2) is 0 Å². The lowest BCUT2D eigenvalue weighted by atomic mass is 10.1. The van der Waals surface area contributed by atoms with E-state index < -0.39 is 0 Å². The van der Waals surface area contributed by atoms with Crippen LogP contribution < -0.4 is 5.32 Å². The van der Waals surface area contributed by atoms with Gasteiger partial charge in [0.2, 0.25) is 5.91 Å². The molecule has 1 saturated heterocycles. The van der Waals surface area contributed by atoms with Crippen LogP contribution in [0.1, 0.15) is 65.2 Å². The summed E-state index contributed by atoms with van der Waals surface area (Å²) in [4.78, 5) is 14.0. The van der Waals surface area contributed by atoms with Gasteiger partial charge in [-0.1, -0.05) is 19.8 Å². The number of carbonyl (C=O) groups excluding carboxylic acids is 1. The van der Waals surface area contributed by atoms with Crippen LogP contribution in [0.3, 0.4) is 0 Å². The number of carbonyl (C=O) groups is 1. The summed E-state index contributed by atoms with van der Waals surface area (Å²) in [6, 6.07) is 0.579. The second kappa shape index (κ2) is 9.37. The highest BCUT2D eigenvalue weighted by atomic mass is 16.2. The van der Waals surface area contributed by atoms with Gasteiger partial charge in [-0.3, -0.25) is 4.79 Å². The lowest BCUT2D eigenvalue weighted by Crippen LogP contribution is -2.35. The van der Waals surface area contributed by atoms with Crippen molar-refractivity contribution in [2.45, 2.75) is 71.3 Å². The third-order valence-electron chi connectivity index (χ3n) is 3.73. The fraction of sp³-hybridized carbons (Fsp3) is 0.933.